The number of benzene rings is 1. The van der Waals surface area contributed by atoms with Gasteiger partial charge in [-0.1, -0.05) is 12.7 Å². The molecule has 0 unspecified atom stereocenters. The molecule has 3 heteroatoms. The maximum absolute atomic E-state index is 5.46. The molecule has 1 aromatic carbocycles. The van der Waals surface area contributed by atoms with Crippen molar-refractivity contribution in [3.8, 4) is 11.5 Å². The van der Waals surface area contributed by atoms with Crippen molar-refractivity contribution in [2.24, 2.45) is 0 Å². The number of hydrogen-bond donors (Lipinski definition) is 1. The van der Waals surface area contributed by atoms with Crippen LogP contribution >= 0.6 is 0 Å². The molecule has 0 atom stereocenters. The van der Waals surface area contributed by atoms with Crippen LogP contribution in [-0.4, -0.2) is 20.8 Å². The van der Waals surface area contributed by atoms with Gasteiger partial charge in [-0.3, -0.25) is 0 Å². The van der Waals surface area contributed by atoms with Crippen molar-refractivity contribution in [3.05, 3.63) is 36.4 Å². The van der Waals surface area contributed by atoms with E-state index in [0.717, 1.165) is 18.0 Å². The molecule has 1 rings (SSSR count). The molecule has 2 N–H and O–H groups in total. The first-order chi connectivity index (χ1) is 7.31. The molecule has 0 aromatic heterocycles. The summed E-state index contributed by atoms with van der Waals surface area (Å²) in [6.45, 7) is 5.05. The van der Waals surface area contributed by atoms with Gasteiger partial charge in [0.1, 0.15) is 13.2 Å². The number of nitrogens with two attached hydrogens (primary N) is 1. The SMILES string of the molecule is C=CCOc1ccc(C[NH2+]C)cc1OC. The Labute approximate surface area is 90.7 Å². The molecule has 0 saturated carbocycles. The molecular formula is C12H18NO2+. The third-order valence-corrected chi connectivity index (χ3v) is 2.02. The van der Waals surface area contributed by atoms with E-state index in [1.54, 1.807) is 13.2 Å². The molecule has 0 fully saturated rings. The number of methoxy groups -OCH3 is 1. The summed E-state index contributed by atoms with van der Waals surface area (Å²) in [7, 11) is 3.68. The van der Waals surface area contributed by atoms with Crippen molar-refractivity contribution >= 4 is 0 Å². The monoisotopic (exact) mass is 208 g/mol. The Morgan fingerprint density at radius 3 is 2.80 bits per heavy atom. The summed E-state index contributed by atoms with van der Waals surface area (Å²) in [4.78, 5) is 0. The van der Waals surface area contributed by atoms with Crippen LogP contribution in [0.25, 0.3) is 0 Å². The van der Waals surface area contributed by atoms with Gasteiger partial charge >= 0.3 is 0 Å². The summed E-state index contributed by atoms with van der Waals surface area (Å²) in [6, 6.07) is 5.97. The first-order valence-corrected chi connectivity index (χ1v) is 5.00. The highest BCUT2D eigenvalue weighted by molar-refractivity contribution is 5.42. The molecule has 0 aliphatic rings. The lowest BCUT2D eigenvalue weighted by atomic mass is 10.2. The standard InChI is InChI=1S/C12H17NO2/c1-4-7-15-11-6-5-10(9-13-2)8-12(11)14-3/h4-6,8,13H,1,7,9H2,2-3H3/p+1. The number of ether oxygens (including phenoxy) is 2. The predicted molar refractivity (Wildman–Crippen MR) is 60.2 cm³/mol. The van der Waals surface area contributed by atoms with Gasteiger partial charge in [-0.05, 0) is 18.2 Å². The molecule has 3 nitrogen and oxygen atoms in total. The maximum Gasteiger partial charge on any atom is 0.161 e. The van der Waals surface area contributed by atoms with E-state index in [2.05, 4.69) is 11.9 Å². The first-order valence-electron chi connectivity index (χ1n) is 5.00. The zero-order valence-electron chi connectivity index (χ0n) is 9.32. The van der Waals surface area contributed by atoms with Crippen LogP contribution in [0.3, 0.4) is 0 Å². The minimum absolute atomic E-state index is 0.496. The Bertz CT molecular complexity index is 323. The van der Waals surface area contributed by atoms with Crippen molar-refractivity contribution in [3.63, 3.8) is 0 Å². The van der Waals surface area contributed by atoms with Gasteiger partial charge in [0.15, 0.2) is 11.5 Å². The van der Waals surface area contributed by atoms with Gasteiger partial charge < -0.3 is 14.8 Å². The number of quaternary nitrogens is 1. The smallest absolute Gasteiger partial charge is 0.161 e. The van der Waals surface area contributed by atoms with Crippen LogP contribution in [0.1, 0.15) is 5.56 Å². The van der Waals surface area contributed by atoms with E-state index >= 15 is 0 Å². The van der Waals surface area contributed by atoms with E-state index in [1.165, 1.54) is 5.56 Å². The highest BCUT2D eigenvalue weighted by Gasteiger charge is 2.05. The van der Waals surface area contributed by atoms with Crippen LogP contribution in [-0.2, 0) is 6.54 Å². The normalized spacial score (nSPS) is 9.73. The van der Waals surface area contributed by atoms with Crippen molar-refractivity contribution < 1.29 is 14.8 Å². The average Bonchev–Trinajstić information content (AvgIpc) is 2.27. The fourth-order valence-electron chi connectivity index (χ4n) is 1.34. The summed E-state index contributed by atoms with van der Waals surface area (Å²) in [5.41, 5.74) is 1.22. The van der Waals surface area contributed by atoms with E-state index in [1.807, 2.05) is 25.2 Å². The third-order valence-electron chi connectivity index (χ3n) is 2.02. The second kappa shape index (κ2) is 6.09. The summed E-state index contributed by atoms with van der Waals surface area (Å²) < 4.78 is 10.7. The summed E-state index contributed by atoms with van der Waals surface area (Å²) >= 11 is 0. The van der Waals surface area contributed by atoms with Crippen LogP contribution in [0.5, 0.6) is 11.5 Å². The van der Waals surface area contributed by atoms with Crippen LogP contribution in [0.15, 0.2) is 30.9 Å². The van der Waals surface area contributed by atoms with Gasteiger partial charge in [-0.15, -0.1) is 0 Å². The summed E-state index contributed by atoms with van der Waals surface area (Å²) in [5.74, 6) is 1.54. The van der Waals surface area contributed by atoms with Gasteiger partial charge in [0.2, 0.25) is 0 Å². The van der Waals surface area contributed by atoms with E-state index in [-0.39, 0.29) is 0 Å². The maximum atomic E-state index is 5.46. The number of hydrogen-bond acceptors (Lipinski definition) is 2. The van der Waals surface area contributed by atoms with Crippen molar-refractivity contribution in [2.75, 3.05) is 20.8 Å². The lowest BCUT2D eigenvalue weighted by Gasteiger charge is -2.10. The molecule has 0 aliphatic heterocycles. The van der Waals surface area contributed by atoms with Gasteiger partial charge in [-0.25, -0.2) is 0 Å². The molecular weight excluding hydrogens is 190 g/mol. The molecule has 0 heterocycles. The van der Waals surface area contributed by atoms with Crippen LogP contribution in [0.2, 0.25) is 0 Å². The van der Waals surface area contributed by atoms with E-state index < -0.39 is 0 Å². The van der Waals surface area contributed by atoms with Gasteiger partial charge in [0, 0.05) is 5.56 Å². The van der Waals surface area contributed by atoms with E-state index in [0.29, 0.717) is 6.61 Å². The molecule has 0 bridgehead atoms. The summed E-state index contributed by atoms with van der Waals surface area (Å²) in [6.07, 6.45) is 1.72. The van der Waals surface area contributed by atoms with Crippen LogP contribution in [0, 0.1) is 0 Å². The zero-order chi connectivity index (χ0) is 11.1. The summed E-state index contributed by atoms with van der Waals surface area (Å²) in [5, 5.41) is 2.11. The van der Waals surface area contributed by atoms with Gasteiger partial charge in [0.05, 0.1) is 14.2 Å². The Morgan fingerprint density at radius 1 is 1.40 bits per heavy atom. The minimum atomic E-state index is 0.496. The second-order valence-corrected chi connectivity index (χ2v) is 3.20. The zero-order valence-corrected chi connectivity index (χ0v) is 9.32. The topological polar surface area (TPSA) is 35.1 Å². The molecule has 82 valence electrons. The first kappa shape index (κ1) is 11.6. The fraction of sp³-hybridized carbons (Fsp3) is 0.333. The van der Waals surface area contributed by atoms with Crippen molar-refractivity contribution in [1.29, 1.82) is 0 Å². The Hall–Kier alpha value is -1.48. The molecule has 0 spiro atoms. The van der Waals surface area contributed by atoms with Crippen molar-refractivity contribution in [2.45, 2.75) is 6.54 Å². The number of rotatable bonds is 6. The Balaban J connectivity index is 2.82. The predicted octanol–water partition coefficient (Wildman–Crippen LogP) is 0.953. The molecule has 15 heavy (non-hydrogen) atoms. The molecule has 0 aliphatic carbocycles. The lowest BCUT2D eigenvalue weighted by Crippen LogP contribution is -2.77. The van der Waals surface area contributed by atoms with Gasteiger partial charge in [-0.2, -0.15) is 0 Å². The average molecular weight is 208 g/mol. The quantitative estimate of drug-likeness (QED) is 0.706. The molecule has 0 amide bonds. The highest BCUT2D eigenvalue weighted by Crippen LogP contribution is 2.27. The van der Waals surface area contributed by atoms with E-state index in [9.17, 15) is 0 Å². The molecule has 1 aromatic rings. The van der Waals surface area contributed by atoms with Crippen LogP contribution < -0.4 is 14.8 Å². The molecule has 0 radical (unpaired) electrons. The largest absolute Gasteiger partial charge is 0.493 e. The van der Waals surface area contributed by atoms with Gasteiger partial charge in [0.25, 0.3) is 0 Å². The minimum Gasteiger partial charge on any atom is -0.493 e. The third kappa shape index (κ3) is 3.29. The Morgan fingerprint density at radius 2 is 2.20 bits per heavy atom. The Kier molecular flexibility index (Phi) is 4.71. The van der Waals surface area contributed by atoms with Crippen molar-refractivity contribution in [1.82, 2.24) is 0 Å². The highest BCUT2D eigenvalue weighted by atomic mass is 16.5. The van der Waals surface area contributed by atoms with E-state index in [4.69, 9.17) is 9.47 Å². The fourth-order valence-corrected chi connectivity index (χ4v) is 1.34. The second-order valence-electron chi connectivity index (χ2n) is 3.20. The lowest BCUT2D eigenvalue weighted by molar-refractivity contribution is -0.643. The van der Waals surface area contributed by atoms with Crippen LogP contribution in [0.4, 0.5) is 0 Å². The molecule has 0 saturated heterocycles.